The van der Waals surface area contributed by atoms with Crippen molar-refractivity contribution < 1.29 is 13.9 Å². The fraction of sp³-hybridized carbons (Fsp3) is 0.385. The van der Waals surface area contributed by atoms with Gasteiger partial charge in [-0.2, -0.15) is 5.26 Å². The Morgan fingerprint density at radius 3 is 3.11 bits per heavy atom. The van der Waals surface area contributed by atoms with Crippen molar-refractivity contribution in [3.05, 3.63) is 34.6 Å². The third-order valence-corrected chi connectivity index (χ3v) is 3.31. The van der Waals surface area contributed by atoms with Crippen molar-refractivity contribution in [2.24, 2.45) is 0 Å². The van der Waals surface area contributed by atoms with Crippen molar-refractivity contribution in [1.82, 2.24) is 4.90 Å². The molecule has 0 aliphatic carbocycles. The molecule has 0 spiro atoms. The van der Waals surface area contributed by atoms with Crippen LogP contribution < -0.4 is 0 Å². The molecule has 0 bridgehead atoms. The molecule has 100 valence electrons. The predicted molar refractivity (Wildman–Crippen MR) is 67.0 cm³/mol. The van der Waals surface area contributed by atoms with Crippen LogP contribution in [0.2, 0.25) is 5.02 Å². The molecule has 0 unspecified atom stereocenters. The summed E-state index contributed by atoms with van der Waals surface area (Å²) in [5.74, 6) is -0.647. The maximum Gasteiger partial charge on any atom is 0.228 e. The summed E-state index contributed by atoms with van der Waals surface area (Å²) < 4.78 is 18.1. The van der Waals surface area contributed by atoms with E-state index >= 15 is 0 Å². The summed E-state index contributed by atoms with van der Waals surface area (Å²) in [4.78, 5) is 13.6. The van der Waals surface area contributed by atoms with Gasteiger partial charge in [0.1, 0.15) is 11.9 Å². The number of hydrogen-bond acceptors (Lipinski definition) is 3. The summed E-state index contributed by atoms with van der Waals surface area (Å²) in [7, 11) is 0. The van der Waals surface area contributed by atoms with E-state index < -0.39 is 11.9 Å². The van der Waals surface area contributed by atoms with Crippen molar-refractivity contribution in [2.45, 2.75) is 12.5 Å². The molecule has 6 heteroatoms. The van der Waals surface area contributed by atoms with Crippen LogP contribution in [0.3, 0.4) is 0 Å². The molecule has 1 aromatic rings. The Balaban J connectivity index is 2.10. The van der Waals surface area contributed by atoms with Gasteiger partial charge < -0.3 is 9.64 Å². The van der Waals surface area contributed by atoms with Gasteiger partial charge in [0.05, 0.1) is 25.7 Å². The van der Waals surface area contributed by atoms with Crippen LogP contribution in [0.4, 0.5) is 4.39 Å². The highest BCUT2D eigenvalue weighted by Crippen LogP contribution is 2.19. The zero-order valence-corrected chi connectivity index (χ0v) is 10.9. The first-order valence-electron chi connectivity index (χ1n) is 5.82. The predicted octanol–water partition coefficient (Wildman–Crippen LogP) is 1.77. The highest BCUT2D eigenvalue weighted by molar-refractivity contribution is 6.31. The minimum Gasteiger partial charge on any atom is -0.376 e. The first-order valence-corrected chi connectivity index (χ1v) is 6.20. The Morgan fingerprint density at radius 2 is 2.42 bits per heavy atom. The summed E-state index contributed by atoms with van der Waals surface area (Å²) >= 11 is 5.88. The van der Waals surface area contributed by atoms with Gasteiger partial charge in [-0.15, -0.1) is 0 Å². The van der Waals surface area contributed by atoms with Gasteiger partial charge in [0.15, 0.2) is 0 Å². The Kier molecular flexibility index (Phi) is 4.35. The average Bonchev–Trinajstić information content (AvgIpc) is 2.41. The lowest BCUT2D eigenvalue weighted by Gasteiger charge is -2.31. The van der Waals surface area contributed by atoms with Crippen LogP contribution in [0.25, 0.3) is 0 Å². The second kappa shape index (κ2) is 6.00. The smallest absolute Gasteiger partial charge is 0.228 e. The van der Waals surface area contributed by atoms with Crippen molar-refractivity contribution in [2.75, 3.05) is 19.8 Å². The molecule has 1 aliphatic heterocycles. The van der Waals surface area contributed by atoms with Gasteiger partial charge in [0, 0.05) is 11.6 Å². The highest BCUT2D eigenvalue weighted by Gasteiger charge is 2.27. The number of amides is 1. The molecule has 1 aromatic carbocycles. The summed E-state index contributed by atoms with van der Waals surface area (Å²) in [6, 6.07) is 5.38. The van der Waals surface area contributed by atoms with Crippen molar-refractivity contribution >= 4 is 17.5 Å². The molecule has 1 amide bonds. The molecule has 2 rings (SSSR count). The van der Waals surface area contributed by atoms with Crippen LogP contribution in [-0.2, 0) is 16.0 Å². The van der Waals surface area contributed by atoms with E-state index in [9.17, 15) is 9.18 Å². The van der Waals surface area contributed by atoms with Crippen LogP contribution in [0, 0.1) is 17.1 Å². The van der Waals surface area contributed by atoms with Gasteiger partial charge in [0.25, 0.3) is 0 Å². The monoisotopic (exact) mass is 282 g/mol. The quantitative estimate of drug-likeness (QED) is 0.831. The van der Waals surface area contributed by atoms with Crippen LogP contribution in [0.15, 0.2) is 18.2 Å². The van der Waals surface area contributed by atoms with E-state index in [0.717, 1.165) is 0 Å². The Labute approximate surface area is 115 Å². The molecule has 0 N–H and O–H groups in total. The van der Waals surface area contributed by atoms with E-state index in [4.69, 9.17) is 21.6 Å². The number of hydrogen-bond donors (Lipinski definition) is 0. The van der Waals surface area contributed by atoms with E-state index in [1.807, 2.05) is 6.07 Å². The Hall–Kier alpha value is -1.64. The maximum atomic E-state index is 12.9. The SMILES string of the molecule is N#C[C@@H]1COCCN1C(=O)Cc1ccc(F)cc1Cl. The van der Waals surface area contributed by atoms with Gasteiger partial charge in [-0.1, -0.05) is 17.7 Å². The first kappa shape index (κ1) is 13.8. The molecular weight excluding hydrogens is 271 g/mol. The van der Waals surface area contributed by atoms with Crippen molar-refractivity contribution in [3.63, 3.8) is 0 Å². The molecule has 0 radical (unpaired) electrons. The first-order chi connectivity index (χ1) is 9.11. The molecular formula is C13H12ClFN2O2. The molecule has 1 aliphatic rings. The zero-order valence-electron chi connectivity index (χ0n) is 10.1. The minimum atomic E-state index is -0.569. The van der Waals surface area contributed by atoms with E-state index in [1.54, 1.807) is 0 Å². The lowest BCUT2D eigenvalue weighted by Crippen LogP contribution is -2.48. The molecule has 1 atom stereocenters. The Bertz CT molecular complexity index is 530. The second-order valence-electron chi connectivity index (χ2n) is 4.22. The number of benzene rings is 1. The molecule has 19 heavy (non-hydrogen) atoms. The molecule has 1 heterocycles. The number of morpholine rings is 1. The minimum absolute atomic E-state index is 0.0529. The number of halogens is 2. The number of rotatable bonds is 2. The molecule has 4 nitrogen and oxygen atoms in total. The fourth-order valence-corrected chi connectivity index (χ4v) is 2.17. The van der Waals surface area contributed by atoms with Crippen molar-refractivity contribution in [1.29, 1.82) is 5.26 Å². The molecule has 1 saturated heterocycles. The van der Waals surface area contributed by atoms with E-state index in [-0.39, 0.29) is 24.0 Å². The number of nitriles is 1. The van der Waals surface area contributed by atoms with Crippen LogP contribution >= 0.6 is 11.6 Å². The molecule has 0 aromatic heterocycles. The summed E-state index contributed by atoms with van der Waals surface area (Å²) in [5.41, 5.74) is 0.552. The van der Waals surface area contributed by atoms with Crippen LogP contribution in [-0.4, -0.2) is 36.6 Å². The van der Waals surface area contributed by atoms with Gasteiger partial charge in [-0.05, 0) is 17.7 Å². The fourth-order valence-electron chi connectivity index (χ4n) is 1.94. The zero-order chi connectivity index (χ0) is 13.8. The van der Waals surface area contributed by atoms with Crippen LogP contribution in [0.5, 0.6) is 0 Å². The third kappa shape index (κ3) is 3.22. The van der Waals surface area contributed by atoms with E-state index in [0.29, 0.717) is 18.7 Å². The Morgan fingerprint density at radius 1 is 1.63 bits per heavy atom. The number of carbonyl (C=O) groups excluding carboxylic acids is 1. The van der Waals surface area contributed by atoms with Gasteiger partial charge in [-0.3, -0.25) is 4.79 Å². The van der Waals surface area contributed by atoms with Gasteiger partial charge >= 0.3 is 0 Å². The topological polar surface area (TPSA) is 53.3 Å². The largest absolute Gasteiger partial charge is 0.376 e. The van der Waals surface area contributed by atoms with Gasteiger partial charge in [-0.25, -0.2) is 4.39 Å². The number of nitrogens with zero attached hydrogens (tertiary/aromatic N) is 2. The van der Waals surface area contributed by atoms with E-state index in [2.05, 4.69) is 0 Å². The lowest BCUT2D eigenvalue weighted by molar-refractivity contribution is -0.136. The van der Waals surface area contributed by atoms with Crippen LogP contribution in [0.1, 0.15) is 5.56 Å². The second-order valence-corrected chi connectivity index (χ2v) is 4.63. The average molecular weight is 283 g/mol. The molecule has 1 fully saturated rings. The number of carbonyl (C=O) groups is 1. The van der Waals surface area contributed by atoms with Gasteiger partial charge in [0.2, 0.25) is 5.91 Å². The summed E-state index contributed by atoms with van der Waals surface area (Å²) in [5, 5.41) is 9.19. The standard InChI is InChI=1S/C13H12ClFN2O2/c14-12-6-10(15)2-1-9(12)5-13(18)17-3-4-19-8-11(17)7-16/h1-2,6,11H,3-5,8H2/t11-/m1/s1. The molecule has 0 saturated carbocycles. The summed E-state index contributed by atoms with van der Waals surface area (Å²) in [6.45, 7) is 1.02. The third-order valence-electron chi connectivity index (χ3n) is 2.95. The van der Waals surface area contributed by atoms with E-state index in [1.165, 1.54) is 23.1 Å². The summed E-state index contributed by atoms with van der Waals surface area (Å²) in [6.07, 6.45) is 0.0529. The highest BCUT2D eigenvalue weighted by atomic mass is 35.5. The normalized spacial score (nSPS) is 19.0. The van der Waals surface area contributed by atoms with Crippen molar-refractivity contribution in [3.8, 4) is 6.07 Å². The number of ether oxygens (including phenoxy) is 1. The maximum absolute atomic E-state index is 12.9. The lowest BCUT2D eigenvalue weighted by atomic mass is 10.1.